The van der Waals surface area contributed by atoms with Gasteiger partial charge >= 0.3 is 5.97 Å². The molecule has 4 rings (SSSR count). The predicted molar refractivity (Wildman–Crippen MR) is 107 cm³/mol. The molecule has 1 fully saturated rings. The Bertz CT molecular complexity index is 985. The molecular formula is C20H23ClN4O3. The van der Waals surface area contributed by atoms with E-state index < -0.39 is 12.0 Å². The summed E-state index contributed by atoms with van der Waals surface area (Å²) in [5.41, 5.74) is 3.67. The summed E-state index contributed by atoms with van der Waals surface area (Å²) in [7, 11) is 0. The second-order valence-electron chi connectivity index (χ2n) is 7.29. The van der Waals surface area contributed by atoms with Crippen molar-refractivity contribution in [2.45, 2.75) is 26.4 Å². The van der Waals surface area contributed by atoms with E-state index >= 15 is 0 Å². The maximum absolute atomic E-state index is 12.1. The third-order valence-corrected chi connectivity index (χ3v) is 5.77. The van der Waals surface area contributed by atoms with Crippen LogP contribution in [-0.4, -0.2) is 57.2 Å². The van der Waals surface area contributed by atoms with Crippen molar-refractivity contribution < 1.29 is 14.4 Å². The Morgan fingerprint density at radius 3 is 2.71 bits per heavy atom. The van der Waals surface area contributed by atoms with Crippen LogP contribution in [0.4, 0.5) is 0 Å². The molecule has 7 nitrogen and oxygen atoms in total. The molecule has 3 heterocycles. The van der Waals surface area contributed by atoms with Gasteiger partial charge < -0.3 is 14.6 Å². The van der Waals surface area contributed by atoms with Gasteiger partial charge in [0.15, 0.2) is 0 Å². The van der Waals surface area contributed by atoms with Crippen LogP contribution in [0.5, 0.6) is 0 Å². The van der Waals surface area contributed by atoms with Crippen LogP contribution in [0, 0.1) is 13.8 Å². The maximum Gasteiger partial charge on any atom is 0.325 e. The number of hydrogen-bond donors (Lipinski definition) is 2. The number of carbonyl (C=O) groups is 1. The second kappa shape index (κ2) is 7.58. The summed E-state index contributed by atoms with van der Waals surface area (Å²) < 4.78 is 5.25. The second-order valence-corrected chi connectivity index (χ2v) is 7.73. The van der Waals surface area contributed by atoms with Crippen molar-refractivity contribution in [1.82, 2.24) is 19.9 Å². The van der Waals surface area contributed by atoms with Gasteiger partial charge in [0.1, 0.15) is 11.8 Å². The molecule has 2 aromatic heterocycles. The molecule has 2 N–H and O–H groups in total. The monoisotopic (exact) mass is 402 g/mol. The molecule has 0 aliphatic carbocycles. The third kappa shape index (κ3) is 3.53. The maximum atomic E-state index is 12.1. The van der Waals surface area contributed by atoms with E-state index in [2.05, 4.69) is 15.0 Å². The minimum absolute atomic E-state index is 0.626. The van der Waals surface area contributed by atoms with Gasteiger partial charge in [0.2, 0.25) is 0 Å². The van der Waals surface area contributed by atoms with Crippen LogP contribution >= 0.6 is 11.6 Å². The zero-order valence-corrected chi connectivity index (χ0v) is 16.7. The minimum Gasteiger partial charge on any atom is -0.480 e. The molecule has 1 atom stereocenters. The zero-order chi connectivity index (χ0) is 19.8. The Kier molecular flexibility index (Phi) is 5.14. The van der Waals surface area contributed by atoms with E-state index in [1.54, 1.807) is 12.3 Å². The number of nitrogens with one attached hydrogen (secondary N) is 1. The molecule has 1 aromatic carbocycles. The molecule has 1 aliphatic heterocycles. The Morgan fingerprint density at radius 2 is 2.07 bits per heavy atom. The highest BCUT2D eigenvalue weighted by atomic mass is 35.5. The van der Waals surface area contributed by atoms with Crippen molar-refractivity contribution in [3.05, 3.63) is 52.0 Å². The molecule has 28 heavy (non-hydrogen) atoms. The SMILES string of the molecule is Cc1noc(C)c1CN1CCN([C@@H](C(=O)O)c2c[nH]c3cc(Cl)ccc23)CC1. The van der Waals surface area contributed by atoms with E-state index in [0.717, 1.165) is 53.1 Å². The molecule has 0 unspecified atom stereocenters. The fourth-order valence-electron chi connectivity index (χ4n) is 3.96. The molecule has 0 saturated carbocycles. The van der Waals surface area contributed by atoms with Gasteiger partial charge in [0.05, 0.1) is 5.69 Å². The molecule has 148 valence electrons. The largest absolute Gasteiger partial charge is 0.480 e. The summed E-state index contributed by atoms with van der Waals surface area (Å²) in [4.78, 5) is 19.6. The number of piperazine rings is 1. The smallest absolute Gasteiger partial charge is 0.325 e. The predicted octanol–water partition coefficient (Wildman–Crippen LogP) is 3.37. The Hall–Kier alpha value is -2.35. The summed E-state index contributed by atoms with van der Waals surface area (Å²) in [5.74, 6) is 0.0100. The van der Waals surface area contributed by atoms with Crippen molar-refractivity contribution >= 4 is 28.5 Å². The number of carboxylic acids is 1. The zero-order valence-electron chi connectivity index (χ0n) is 15.9. The van der Waals surface area contributed by atoms with Crippen molar-refractivity contribution in [3.63, 3.8) is 0 Å². The van der Waals surface area contributed by atoms with Crippen molar-refractivity contribution in [1.29, 1.82) is 0 Å². The van der Waals surface area contributed by atoms with E-state index in [0.29, 0.717) is 18.1 Å². The molecule has 3 aromatic rings. The van der Waals surface area contributed by atoms with Gasteiger partial charge in [-0.2, -0.15) is 0 Å². The average Bonchev–Trinajstić information content (AvgIpc) is 3.21. The molecule has 1 saturated heterocycles. The van der Waals surface area contributed by atoms with Crippen LogP contribution in [0.15, 0.2) is 28.9 Å². The topological polar surface area (TPSA) is 85.6 Å². The van der Waals surface area contributed by atoms with Crippen LogP contribution in [0.1, 0.15) is 28.6 Å². The highest BCUT2D eigenvalue weighted by Gasteiger charge is 2.32. The molecule has 0 amide bonds. The number of nitrogens with zero attached hydrogens (tertiary/aromatic N) is 3. The molecule has 0 radical (unpaired) electrons. The van der Waals surface area contributed by atoms with E-state index in [-0.39, 0.29) is 0 Å². The summed E-state index contributed by atoms with van der Waals surface area (Å²) in [6.07, 6.45) is 1.79. The number of aryl methyl sites for hydroxylation is 2. The van der Waals surface area contributed by atoms with Crippen LogP contribution in [0.3, 0.4) is 0 Å². The van der Waals surface area contributed by atoms with E-state index in [9.17, 15) is 9.90 Å². The Morgan fingerprint density at radius 1 is 1.32 bits per heavy atom. The summed E-state index contributed by atoms with van der Waals surface area (Å²) in [5, 5.41) is 15.5. The van der Waals surface area contributed by atoms with Gasteiger partial charge in [-0.3, -0.25) is 14.6 Å². The average molecular weight is 403 g/mol. The highest BCUT2D eigenvalue weighted by molar-refractivity contribution is 6.31. The normalized spacial score (nSPS) is 17.2. The van der Waals surface area contributed by atoms with Gasteiger partial charge in [-0.1, -0.05) is 22.8 Å². The summed E-state index contributed by atoms with van der Waals surface area (Å²) >= 11 is 6.05. The first-order chi connectivity index (χ1) is 13.4. The molecule has 1 aliphatic rings. The van der Waals surface area contributed by atoms with Gasteiger partial charge in [-0.05, 0) is 26.0 Å². The van der Waals surface area contributed by atoms with Crippen LogP contribution < -0.4 is 0 Å². The standard InChI is InChI=1S/C20H23ClN4O3/c1-12-17(13(2)28-23-12)11-24-5-7-25(8-6-24)19(20(26)27)16-10-22-18-9-14(21)3-4-15(16)18/h3-4,9-10,19,22H,5-8,11H2,1-2H3,(H,26,27)/t19-/m1/s1. The lowest BCUT2D eigenvalue weighted by Gasteiger charge is -2.37. The van der Waals surface area contributed by atoms with Gasteiger partial charge in [-0.25, -0.2) is 0 Å². The third-order valence-electron chi connectivity index (χ3n) is 5.54. The molecule has 8 heteroatoms. The van der Waals surface area contributed by atoms with E-state index in [4.69, 9.17) is 16.1 Å². The number of carboxylic acid groups (broad SMARTS) is 1. The summed E-state index contributed by atoms with van der Waals surface area (Å²) in [6, 6.07) is 4.81. The molecular weight excluding hydrogens is 380 g/mol. The van der Waals surface area contributed by atoms with Gasteiger partial charge in [0.25, 0.3) is 0 Å². The summed E-state index contributed by atoms with van der Waals surface area (Å²) in [6.45, 7) is 7.60. The Labute approximate surface area is 167 Å². The van der Waals surface area contributed by atoms with Crippen LogP contribution in [0.2, 0.25) is 5.02 Å². The van der Waals surface area contributed by atoms with Crippen LogP contribution in [-0.2, 0) is 11.3 Å². The fourth-order valence-corrected chi connectivity index (χ4v) is 4.14. The minimum atomic E-state index is -0.838. The lowest BCUT2D eigenvalue weighted by molar-refractivity contribution is -0.144. The van der Waals surface area contributed by atoms with Crippen molar-refractivity contribution in [3.8, 4) is 0 Å². The lowest BCUT2D eigenvalue weighted by atomic mass is 10.0. The number of rotatable bonds is 5. The lowest BCUT2D eigenvalue weighted by Crippen LogP contribution is -2.48. The first-order valence-electron chi connectivity index (χ1n) is 9.31. The molecule has 0 spiro atoms. The number of fused-ring (bicyclic) bond motifs is 1. The Balaban J connectivity index is 1.50. The number of aromatic amines is 1. The van der Waals surface area contributed by atoms with Gasteiger partial charge in [-0.15, -0.1) is 0 Å². The number of benzene rings is 1. The first kappa shape index (κ1) is 19.0. The number of H-pyrrole nitrogens is 1. The number of aromatic nitrogens is 2. The number of halogens is 1. The van der Waals surface area contributed by atoms with Gasteiger partial charge in [0, 0.05) is 66.0 Å². The first-order valence-corrected chi connectivity index (χ1v) is 9.69. The molecule has 0 bridgehead atoms. The van der Waals surface area contributed by atoms with Crippen molar-refractivity contribution in [2.24, 2.45) is 0 Å². The number of hydrogen-bond acceptors (Lipinski definition) is 5. The quantitative estimate of drug-likeness (QED) is 0.680. The van der Waals surface area contributed by atoms with E-state index in [1.807, 2.05) is 30.9 Å². The fraction of sp³-hybridized carbons (Fsp3) is 0.400. The highest BCUT2D eigenvalue weighted by Crippen LogP contribution is 2.31. The van der Waals surface area contributed by atoms with Crippen molar-refractivity contribution in [2.75, 3.05) is 26.2 Å². The van der Waals surface area contributed by atoms with Crippen LogP contribution in [0.25, 0.3) is 10.9 Å². The van der Waals surface area contributed by atoms with E-state index in [1.165, 1.54) is 0 Å². The number of aliphatic carboxylic acids is 1.